The van der Waals surface area contributed by atoms with E-state index in [2.05, 4.69) is 27.4 Å². The molecule has 0 bridgehead atoms. The zero-order valence-corrected chi connectivity index (χ0v) is 12.6. The van der Waals surface area contributed by atoms with Crippen LogP contribution >= 0.6 is 27.3 Å². The Kier molecular flexibility index (Phi) is 4.40. The van der Waals surface area contributed by atoms with Crippen LogP contribution in [0.3, 0.4) is 0 Å². The van der Waals surface area contributed by atoms with E-state index in [1.54, 1.807) is 18.4 Å². The largest absolute Gasteiger partial charge is 0.496 e. The van der Waals surface area contributed by atoms with Crippen molar-refractivity contribution in [2.45, 2.75) is 13.0 Å². The van der Waals surface area contributed by atoms with Crippen LogP contribution in [0.1, 0.15) is 22.0 Å². The number of aryl methyl sites for hydroxylation is 1. The predicted molar refractivity (Wildman–Crippen MR) is 78.9 cm³/mol. The summed E-state index contributed by atoms with van der Waals surface area (Å²) in [5.41, 5.74) is 5.06. The molecule has 96 valence electrons. The van der Waals surface area contributed by atoms with Crippen LogP contribution in [0, 0.1) is 6.92 Å². The highest BCUT2D eigenvalue weighted by atomic mass is 79.9. The Balaban J connectivity index is 2.48. The Hall–Kier alpha value is -0.880. The molecular weight excluding hydrogens is 312 g/mol. The van der Waals surface area contributed by atoms with E-state index in [4.69, 9.17) is 10.6 Å². The molecular formula is C13H15BrN2OS. The van der Waals surface area contributed by atoms with Crippen LogP contribution in [0.15, 0.2) is 34.1 Å². The molecule has 1 aromatic heterocycles. The summed E-state index contributed by atoms with van der Waals surface area (Å²) in [7, 11) is 1.68. The molecule has 5 heteroatoms. The number of hydrazine groups is 1. The molecule has 2 rings (SSSR count). The van der Waals surface area contributed by atoms with E-state index in [-0.39, 0.29) is 6.04 Å². The molecule has 0 aliphatic heterocycles. The van der Waals surface area contributed by atoms with Gasteiger partial charge in [-0.05, 0) is 45.9 Å². The number of thiophene rings is 1. The second kappa shape index (κ2) is 5.84. The topological polar surface area (TPSA) is 47.3 Å². The summed E-state index contributed by atoms with van der Waals surface area (Å²) in [4.78, 5) is 1.14. The van der Waals surface area contributed by atoms with E-state index in [1.165, 1.54) is 0 Å². The van der Waals surface area contributed by atoms with Gasteiger partial charge in [0.1, 0.15) is 5.75 Å². The molecule has 1 unspecified atom stereocenters. The monoisotopic (exact) mass is 326 g/mol. The normalized spacial score (nSPS) is 12.4. The average Bonchev–Trinajstić information content (AvgIpc) is 2.78. The lowest BCUT2D eigenvalue weighted by atomic mass is 10.0. The highest BCUT2D eigenvalue weighted by Gasteiger charge is 2.20. The van der Waals surface area contributed by atoms with Crippen molar-refractivity contribution in [3.8, 4) is 5.75 Å². The van der Waals surface area contributed by atoms with Gasteiger partial charge < -0.3 is 4.74 Å². The fraction of sp³-hybridized carbons (Fsp3) is 0.231. The molecule has 1 atom stereocenters. The van der Waals surface area contributed by atoms with Crippen molar-refractivity contribution >= 4 is 27.3 Å². The Labute approximate surface area is 119 Å². The second-order valence-electron chi connectivity index (χ2n) is 3.98. The average molecular weight is 327 g/mol. The van der Waals surface area contributed by atoms with Gasteiger partial charge in [-0.25, -0.2) is 5.43 Å². The van der Waals surface area contributed by atoms with E-state index in [1.807, 2.05) is 30.5 Å². The summed E-state index contributed by atoms with van der Waals surface area (Å²) in [6.45, 7) is 2.04. The maximum Gasteiger partial charge on any atom is 0.124 e. The van der Waals surface area contributed by atoms with Crippen molar-refractivity contribution < 1.29 is 4.74 Å². The maximum atomic E-state index is 5.71. The molecule has 3 nitrogen and oxygen atoms in total. The van der Waals surface area contributed by atoms with Crippen LogP contribution in [-0.4, -0.2) is 7.11 Å². The number of rotatable bonds is 4. The van der Waals surface area contributed by atoms with Crippen molar-refractivity contribution in [2.75, 3.05) is 7.11 Å². The van der Waals surface area contributed by atoms with Gasteiger partial charge in [0, 0.05) is 14.9 Å². The van der Waals surface area contributed by atoms with Crippen LogP contribution in [0.2, 0.25) is 0 Å². The molecule has 0 amide bonds. The summed E-state index contributed by atoms with van der Waals surface area (Å²) in [5.74, 6) is 6.55. The number of benzene rings is 1. The first-order valence-electron chi connectivity index (χ1n) is 5.51. The zero-order chi connectivity index (χ0) is 13.1. The number of hydrogen-bond donors (Lipinski definition) is 2. The minimum absolute atomic E-state index is 0.0741. The molecule has 0 fully saturated rings. The van der Waals surface area contributed by atoms with Gasteiger partial charge in [0.25, 0.3) is 0 Å². The van der Waals surface area contributed by atoms with Crippen molar-refractivity contribution in [3.05, 3.63) is 50.1 Å². The molecule has 1 aromatic carbocycles. The number of halogens is 1. The van der Waals surface area contributed by atoms with Crippen molar-refractivity contribution in [3.63, 3.8) is 0 Å². The summed E-state index contributed by atoms with van der Waals surface area (Å²) in [5, 5.41) is 2.03. The smallest absolute Gasteiger partial charge is 0.124 e. The Morgan fingerprint density at radius 1 is 1.39 bits per heavy atom. The molecule has 0 saturated carbocycles. The second-order valence-corrected chi connectivity index (χ2v) is 5.78. The van der Waals surface area contributed by atoms with Crippen molar-refractivity contribution in [1.82, 2.24) is 5.43 Å². The van der Waals surface area contributed by atoms with Crippen LogP contribution in [0.5, 0.6) is 5.75 Å². The third kappa shape index (κ3) is 2.59. The first kappa shape index (κ1) is 13.5. The molecule has 3 N–H and O–H groups in total. The molecule has 0 saturated heterocycles. The third-order valence-corrected chi connectivity index (χ3v) is 4.71. The molecule has 2 aromatic rings. The van der Waals surface area contributed by atoms with Gasteiger partial charge in [0.2, 0.25) is 0 Å². The van der Waals surface area contributed by atoms with Crippen molar-refractivity contribution in [1.29, 1.82) is 0 Å². The molecule has 0 aliphatic rings. The van der Waals surface area contributed by atoms with Crippen LogP contribution < -0.4 is 16.0 Å². The van der Waals surface area contributed by atoms with Gasteiger partial charge in [-0.3, -0.25) is 5.84 Å². The van der Waals surface area contributed by atoms with Gasteiger partial charge >= 0.3 is 0 Å². The Morgan fingerprint density at radius 3 is 2.72 bits per heavy atom. The lowest BCUT2D eigenvalue weighted by molar-refractivity contribution is 0.404. The summed E-state index contributed by atoms with van der Waals surface area (Å²) in [6, 6.07) is 8.07. The number of hydrogen-bond acceptors (Lipinski definition) is 4. The molecule has 0 spiro atoms. The molecule has 0 radical (unpaired) electrons. The maximum absolute atomic E-state index is 5.71. The fourth-order valence-corrected chi connectivity index (χ4v) is 3.55. The minimum Gasteiger partial charge on any atom is -0.496 e. The van der Waals surface area contributed by atoms with Crippen molar-refractivity contribution in [2.24, 2.45) is 5.84 Å². The van der Waals surface area contributed by atoms with Crippen LogP contribution in [0.4, 0.5) is 0 Å². The lowest BCUT2D eigenvalue weighted by Gasteiger charge is -2.19. The van der Waals surface area contributed by atoms with Gasteiger partial charge in [-0.15, -0.1) is 11.3 Å². The highest BCUT2D eigenvalue weighted by molar-refractivity contribution is 9.10. The van der Waals surface area contributed by atoms with Crippen LogP contribution in [0.25, 0.3) is 0 Å². The van der Waals surface area contributed by atoms with E-state index in [0.29, 0.717) is 0 Å². The number of nitrogens with one attached hydrogen (secondary N) is 1. The van der Waals surface area contributed by atoms with Crippen LogP contribution in [-0.2, 0) is 0 Å². The Morgan fingerprint density at radius 2 is 2.17 bits per heavy atom. The first-order valence-corrected chi connectivity index (χ1v) is 7.18. The van der Waals surface area contributed by atoms with Gasteiger partial charge in [0.15, 0.2) is 0 Å². The fourth-order valence-electron chi connectivity index (χ4n) is 1.87. The molecule has 1 heterocycles. The summed E-state index contributed by atoms with van der Waals surface area (Å²) < 4.78 is 6.49. The first-order chi connectivity index (χ1) is 8.67. The standard InChI is InChI=1S/C13H15BrN2OS/c1-8-3-4-9(11(7-8)17-2)12(16-15)13-10(14)5-6-18-13/h3-7,12,16H,15H2,1-2H3. The summed E-state index contributed by atoms with van der Waals surface area (Å²) >= 11 is 5.20. The SMILES string of the molecule is COc1cc(C)ccc1C(NN)c1sccc1Br. The quantitative estimate of drug-likeness (QED) is 0.668. The zero-order valence-electron chi connectivity index (χ0n) is 10.2. The van der Waals surface area contributed by atoms with Gasteiger partial charge in [-0.2, -0.15) is 0 Å². The number of ether oxygens (including phenoxy) is 1. The lowest BCUT2D eigenvalue weighted by Crippen LogP contribution is -2.28. The highest BCUT2D eigenvalue weighted by Crippen LogP contribution is 2.36. The molecule has 18 heavy (non-hydrogen) atoms. The minimum atomic E-state index is -0.0741. The number of methoxy groups -OCH3 is 1. The van der Waals surface area contributed by atoms with Gasteiger partial charge in [0.05, 0.1) is 13.2 Å². The van der Waals surface area contributed by atoms with E-state index in [0.717, 1.165) is 26.2 Å². The number of nitrogens with two attached hydrogens (primary N) is 1. The van der Waals surface area contributed by atoms with E-state index in [9.17, 15) is 0 Å². The van der Waals surface area contributed by atoms with Gasteiger partial charge in [-0.1, -0.05) is 12.1 Å². The molecule has 0 aliphatic carbocycles. The van der Waals surface area contributed by atoms with E-state index >= 15 is 0 Å². The summed E-state index contributed by atoms with van der Waals surface area (Å²) in [6.07, 6.45) is 0. The Bertz CT molecular complexity index is 542. The predicted octanol–water partition coefficient (Wildman–Crippen LogP) is 3.38. The van der Waals surface area contributed by atoms with E-state index < -0.39 is 0 Å². The third-order valence-electron chi connectivity index (χ3n) is 2.77.